The molecule has 17 heavy (non-hydrogen) atoms. The van der Waals surface area contributed by atoms with Gasteiger partial charge in [0.05, 0.1) is 12.7 Å². The first-order valence-corrected chi connectivity index (χ1v) is 5.67. The molecule has 0 saturated carbocycles. The highest BCUT2D eigenvalue weighted by Crippen LogP contribution is 2.29. The maximum Gasteiger partial charge on any atom is 0.339 e. The summed E-state index contributed by atoms with van der Waals surface area (Å²) < 4.78 is 30.5. The number of hydrogen-bond acceptors (Lipinski definition) is 3. The van der Waals surface area contributed by atoms with Gasteiger partial charge in [0.25, 0.3) is 0 Å². The van der Waals surface area contributed by atoms with Crippen molar-refractivity contribution < 1.29 is 18.3 Å². The minimum Gasteiger partial charge on any atom is -0.465 e. The van der Waals surface area contributed by atoms with Crippen LogP contribution in [0, 0.1) is 11.6 Å². The van der Waals surface area contributed by atoms with Crippen LogP contribution in [0.5, 0.6) is 0 Å². The molecule has 0 bridgehead atoms. The lowest BCUT2D eigenvalue weighted by Crippen LogP contribution is -2.01. The molecule has 2 nitrogen and oxygen atoms in total. The van der Waals surface area contributed by atoms with Crippen LogP contribution in [-0.4, -0.2) is 13.1 Å². The summed E-state index contributed by atoms with van der Waals surface area (Å²) in [4.78, 5) is 11.4. The SMILES string of the molecule is COC(=O)c1cscc1-c1ccc(F)c(F)c1. The van der Waals surface area contributed by atoms with Gasteiger partial charge >= 0.3 is 5.97 Å². The normalized spacial score (nSPS) is 10.3. The topological polar surface area (TPSA) is 26.3 Å². The zero-order valence-electron chi connectivity index (χ0n) is 8.87. The van der Waals surface area contributed by atoms with Gasteiger partial charge < -0.3 is 4.74 Å². The summed E-state index contributed by atoms with van der Waals surface area (Å²) in [6.45, 7) is 0. The summed E-state index contributed by atoms with van der Waals surface area (Å²) >= 11 is 1.30. The van der Waals surface area contributed by atoms with Gasteiger partial charge in [-0.3, -0.25) is 0 Å². The van der Waals surface area contributed by atoms with E-state index in [2.05, 4.69) is 4.74 Å². The number of carbonyl (C=O) groups excluding carboxylic acids is 1. The Labute approximate surface area is 100 Å². The second-order valence-corrected chi connectivity index (χ2v) is 4.06. The van der Waals surface area contributed by atoms with Gasteiger partial charge in [0.15, 0.2) is 11.6 Å². The summed E-state index contributed by atoms with van der Waals surface area (Å²) in [5.74, 6) is -2.35. The van der Waals surface area contributed by atoms with Crippen LogP contribution in [0.4, 0.5) is 8.78 Å². The molecule has 2 rings (SSSR count). The molecule has 0 radical (unpaired) electrons. The van der Waals surface area contributed by atoms with Crippen molar-refractivity contribution in [2.45, 2.75) is 0 Å². The molecule has 1 aromatic heterocycles. The Morgan fingerprint density at radius 3 is 2.65 bits per heavy atom. The van der Waals surface area contributed by atoms with Crippen LogP contribution in [0.25, 0.3) is 11.1 Å². The quantitative estimate of drug-likeness (QED) is 0.767. The second kappa shape index (κ2) is 4.63. The number of thiophene rings is 1. The van der Waals surface area contributed by atoms with Crippen molar-refractivity contribution in [1.82, 2.24) is 0 Å². The molecule has 2 aromatic rings. The Kier molecular flexibility index (Phi) is 3.19. The number of hydrogen-bond donors (Lipinski definition) is 0. The molecule has 0 spiro atoms. The molecule has 0 amide bonds. The number of benzene rings is 1. The van der Waals surface area contributed by atoms with E-state index >= 15 is 0 Å². The lowest BCUT2D eigenvalue weighted by molar-refractivity contribution is 0.0602. The van der Waals surface area contributed by atoms with Crippen LogP contribution in [0.2, 0.25) is 0 Å². The van der Waals surface area contributed by atoms with E-state index < -0.39 is 17.6 Å². The Morgan fingerprint density at radius 2 is 2.00 bits per heavy atom. The maximum absolute atomic E-state index is 13.1. The van der Waals surface area contributed by atoms with Crippen molar-refractivity contribution >= 4 is 17.3 Å². The Balaban J connectivity index is 2.50. The molecule has 0 fully saturated rings. The van der Waals surface area contributed by atoms with Gasteiger partial charge in [-0.05, 0) is 23.1 Å². The third kappa shape index (κ3) is 2.19. The first-order chi connectivity index (χ1) is 8.13. The fraction of sp³-hybridized carbons (Fsp3) is 0.0833. The average molecular weight is 254 g/mol. The number of ether oxygens (including phenoxy) is 1. The molecule has 0 atom stereocenters. The van der Waals surface area contributed by atoms with Gasteiger partial charge in [-0.25, -0.2) is 13.6 Å². The lowest BCUT2D eigenvalue weighted by Gasteiger charge is -2.03. The summed E-state index contributed by atoms with van der Waals surface area (Å²) in [7, 11) is 1.27. The Bertz CT molecular complexity index is 563. The fourth-order valence-electron chi connectivity index (χ4n) is 1.45. The minimum absolute atomic E-state index is 0.350. The van der Waals surface area contributed by atoms with Crippen LogP contribution in [0.1, 0.15) is 10.4 Å². The molecule has 1 heterocycles. The van der Waals surface area contributed by atoms with E-state index in [1.807, 2.05) is 0 Å². The predicted molar refractivity (Wildman–Crippen MR) is 61.0 cm³/mol. The summed E-state index contributed by atoms with van der Waals surface area (Å²) in [6, 6.07) is 3.51. The van der Waals surface area contributed by atoms with E-state index in [9.17, 15) is 13.6 Å². The van der Waals surface area contributed by atoms with Crippen molar-refractivity contribution in [2.24, 2.45) is 0 Å². The minimum atomic E-state index is -0.940. The van der Waals surface area contributed by atoms with Gasteiger partial charge in [0.1, 0.15) is 0 Å². The van der Waals surface area contributed by atoms with E-state index in [1.54, 1.807) is 10.8 Å². The highest BCUT2D eigenvalue weighted by molar-refractivity contribution is 7.08. The van der Waals surface area contributed by atoms with Crippen molar-refractivity contribution in [1.29, 1.82) is 0 Å². The van der Waals surface area contributed by atoms with Crippen LogP contribution in [0.15, 0.2) is 29.0 Å². The van der Waals surface area contributed by atoms with E-state index in [-0.39, 0.29) is 0 Å². The van der Waals surface area contributed by atoms with Crippen LogP contribution in [-0.2, 0) is 4.74 Å². The molecule has 0 saturated heterocycles. The first-order valence-electron chi connectivity index (χ1n) is 4.73. The maximum atomic E-state index is 13.1. The number of rotatable bonds is 2. The molecule has 0 aliphatic rings. The Morgan fingerprint density at radius 1 is 1.24 bits per heavy atom. The van der Waals surface area contributed by atoms with E-state index in [4.69, 9.17) is 0 Å². The van der Waals surface area contributed by atoms with Crippen LogP contribution < -0.4 is 0 Å². The van der Waals surface area contributed by atoms with Crippen molar-refractivity contribution in [3.05, 3.63) is 46.2 Å². The molecule has 0 N–H and O–H groups in total. The third-order valence-electron chi connectivity index (χ3n) is 2.30. The first kappa shape index (κ1) is 11.7. The number of methoxy groups -OCH3 is 1. The van der Waals surface area contributed by atoms with Gasteiger partial charge in [-0.1, -0.05) is 6.07 Å². The smallest absolute Gasteiger partial charge is 0.339 e. The van der Waals surface area contributed by atoms with E-state index in [1.165, 1.54) is 24.5 Å². The molecule has 5 heteroatoms. The summed E-state index contributed by atoms with van der Waals surface area (Å²) in [5.41, 5.74) is 1.34. The average Bonchev–Trinajstić information content (AvgIpc) is 2.80. The molecular formula is C12H8F2O2S. The molecule has 0 aliphatic heterocycles. The predicted octanol–water partition coefficient (Wildman–Crippen LogP) is 3.48. The molecule has 88 valence electrons. The monoisotopic (exact) mass is 254 g/mol. The molecular weight excluding hydrogens is 246 g/mol. The van der Waals surface area contributed by atoms with E-state index in [0.29, 0.717) is 16.7 Å². The van der Waals surface area contributed by atoms with Gasteiger partial charge in [-0.2, -0.15) is 11.3 Å². The number of carbonyl (C=O) groups is 1. The highest BCUT2D eigenvalue weighted by atomic mass is 32.1. The summed E-state index contributed by atoms with van der Waals surface area (Å²) in [5, 5.41) is 3.31. The van der Waals surface area contributed by atoms with Crippen molar-refractivity contribution in [3.63, 3.8) is 0 Å². The zero-order chi connectivity index (χ0) is 12.4. The van der Waals surface area contributed by atoms with Gasteiger partial charge in [0.2, 0.25) is 0 Å². The van der Waals surface area contributed by atoms with E-state index in [0.717, 1.165) is 12.1 Å². The van der Waals surface area contributed by atoms with Crippen LogP contribution in [0.3, 0.4) is 0 Å². The molecule has 0 aliphatic carbocycles. The summed E-state index contributed by atoms with van der Waals surface area (Å²) in [6.07, 6.45) is 0. The number of halogens is 2. The molecule has 1 aromatic carbocycles. The third-order valence-corrected chi connectivity index (χ3v) is 3.04. The highest BCUT2D eigenvalue weighted by Gasteiger charge is 2.15. The van der Waals surface area contributed by atoms with Crippen LogP contribution >= 0.6 is 11.3 Å². The lowest BCUT2D eigenvalue weighted by atomic mass is 10.0. The van der Waals surface area contributed by atoms with Gasteiger partial charge in [-0.15, -0.1) is 0 Å². The van der Waals surface area contributed by atoms with Crippen molar-refractivity contribution in [2.75, 3.05) is 7.11 Å². The largest absolute Gasteiger partial charge is 0.465 e. The molecule has 0 unspecified atom stereocenters. The Hall–Kier alpha value is -1.75. The number of esters is 1. The van der Waals surface area contributed by atoms with Crippen molar-refractivity contribution in [3.8, 4) is 11.1 Å². The zero-order valence-corrected chi connectivity index (χ0v) is 9.68. The standard InChI is InChI=1S/C12H8F2O2S/c1-16-12(15)9-6-17-5-8(9)7-2-3-10(13)11(14)4-7/h2-6H,1H3. The second-order valence-electron chi connectivity index (χ2n) is 3.32. The fourth-order valence-corrected chi connectivity index (χ4v) is 2.28. The van der Waals surface area contributed by atoms with Gasteiger partial charge in [0, 0.05) is 10.9 Å².